The molecule has 6 nitrogen and oxygen atoms in total. The van der Waals surface area contributed by atoms with E-state index in [1.807, 2.05) is 41.9 Å². The highest BCUT2D eigenvalue weighted by molar-refractivity contribution is 7.98. The molecule has 1 saturated carbocycles. The third-order valence-electron chi connectivity index (χ3n) is 8.28. The SMILES string of the molecule is CCc1cccc(C2(Cc3nc(=O)c(OCc4ccccc4)c4n3C[C@H](CSC)N(C)C4=O)CCCC2)c1. The lowest BCUT2D eigenvalue weighted by atomic mass is 9.75. The van der Waals surface area contributed by atoms with Crippen LogP contribution in [0.4, 0.5) is 0 Å². The van der Waals surface area contributed by atoms with Crippen molar-refractivity contribution in [2.24, 2.45) is 0 Å². The standard InChI is InChI=1S/C31H37N3O3S/c1-4-22-13-10-14-24(17-22)31(15-8-9-16-31)18-26-32-29(35)28(37-20-23-11-6-5-7-12-23)27-30(36)33(2)25(21-38-3)19-34(26)27/h5-7,10-14,17,25H,4,8-9,15-16,18-21H2,1-3H3/t25-/m1/s1. The molecule has 0 unspecified atom stereocenters. The molecule has 1 fully saturated rings. The molecule has 1 aliphatic carbocycles. The molecule has 1 aromatic heterocycles. The smallest absolute Gasteiger partial charge is 0.316 e. The Bertz CT molecular complexity index is 1350. The molecule has 0 N–H and O–H groups in total. The van der Waals surface area contributed by atoms with E-state index in [-0.39, 0.29) is 29.7 Å². The van der Waals surface area contributed by atoms with Crippen LogP contribution >= 0.6 is 11.8 Å². The van der Waals surface area contributed by atoms with Crippen molar-refractivity contribution in [2.75, 3.05) is 19.1 Å². The van der Waals surface area contributed by atoms with Gasteiger partial charge in [0.05, 0.1) is 6.04 Å². The van der Waals surface area contributed by atoms with Crippen LogP contribution in [-0.4, -0.2) is 45.5 Å². The maximum atomic E-state index is 13.8. The largest absolute Gasteiger partial charge is 0.481 e. The zero-order valence-corrected chi connectivity index (χ0v) is 23.4. The van der Waals surface area contributed by atoms with Crippen LogP contribution in [0.2, 0.25) is 0 Å². The first kappa shape index (κ1) is 26.5. The molecule has 1 aliphatic heterocycles. The van der Waals surface area contributed by atoms with Gasteiger partial charge in [-0.05, 0) is 42.2 Å². The minimum Gasteiger partial charge on any atom is -0.481 e. The van der Waals surface area contributed by atoms with Gasteiger partial charge < -0.3 is 14.2 Å². The van der Waals surface area contributed by atoms with Gasteiger partial charge in [0.2, 0.25) is 5.75 Å². The first-order chi connectivity index (χ1) is 18.5. The number of rotatable bonds is 9. The predicted octanol–water partition coefficient (Wildman–Crippen LogP) is 5.26. The van der Waals surface area contributed by atoms with Gasteiger partial charge in [-0.1, -0.05) is 74.4 Å². The number of hydrogen-bond acceptors (Lipinski definition) is 5. The van der Waals surface area contributed by atoms with Gasteiger partial charge in [0.1, 0.15) is 12.4 Å². The number of carbonyl (C=O) groups excluding carboxylic acids is 1. The van der Waals surface area contributed by atoms with E-state index < -0.39 is 5.56 Å². The molecule has 1 atom stereocenters. The summed E-state index contributed by atoms with van der Waals surface area (Å²) in [5, 5.41) is 0. The van der Waals surface area contributed by atoms with Crippen molar-refractivity contribution in [1.29, 1.82) is 0 Å². The second-order valence-corrected chi connectivity index (χ2v) is 11.5. The number of fused-ring (bicyclic) bond motifs is 1. The quantitative estimate of drug-likeness (QED) is 0.377. The number of likely N-dealkylation sites (N-methyl/N-ethyl adjacent to an activating group) is 1. The summed E-state index contributed by atoms with van der Waals surface area (Å²) < 4.78 is 8.06. The van der Waals surface area contributed by atoms with Gasteiger partial charge in [-0.25, -0.2) is 0 Å². The van der Waals surface area contributed by atoms with Gasteiger partial charge in [0, 0.05) is 31.2 Å². The van der Waals surface area contributed by atoms with Crippen LogP contribution in [0, 0.1) is 0 Å². The van der Waals surface area contributed by atoms with Crippen LogP contribution in [0.25, 0.3) is 0 Å². The average Bonchev–Trinajstić information content (AvgIpc) is 3.42. The molecular formula is C31H37N3O3S. The van der Waals surface area contributed by atoms with E-state index in [1.54, 1.807) is 16.7 Å². The maximum absolute atomic E-state index is 13.8. The molecule has 3 aromatic rings. The molecule has 0 spiro atoms. The number of aryl methyl sites for hydroxylation is 1. The zero-order chi connectivity index (χ0) is 26.7. The fourth-order valence-corrected chi connectivity index (χ4v) is 6.77. The van der Waals surface area contributed by atoms with Crippen molar-refractivity contribution < 1.29 is 9.53 Å². The summed E-state index contributed by atoms with van der Waals surface area (Å²) in [6.45, 7) is 3.00. The van der Waals surface area contributed by atoms with Crippen LogP contribution in [-0.2, 0) is 31.4 Å². The van der Waals surface area contributed by atoms with Crippen LogP contribution in [0.15, 0.2) is 59.4 Å². The Morgan fingerprint density at radius 1 is 1.05 bits per heavy atom. The van der Waals surface area contributed by atoms with Crippen molar-refractivity contribution in [3.63, 3.8) is 0 Å². The Hall–Kier alpha value is -3.06. The van der Waals surface area contributed by atoms with E-state index in [9.17, 15) is 9.59 Å². The summed E-state index contributed by atoms with van der Waals surface area (Å²) in [7, 11) is 1.83. The molecule has 5 rings (SSSR count). The maximum Gasteiger partial charge on any atom is 0.316 e. The van der Waals surface area contributed by atoms with E-state index in [1.165, 1.54) is 11.1 Å². The number of benzene rings is 2. The molecule has 0 bridgehead atoms. The van der Waals surface area contributed by atoms with E-state index in [0.29, 0.717) is 24.5 Å². The summed E-state index contributed by atoms with van der Waals surface area (Å²) in [6.07, 6.45) is 8.11. The van der Waals surface area contributed by atoms with E-state index in [2.05, 4.69) is 42.4 Å². The Labute approximate surface area is 229 Å². The lowest BCUT2D eigenvalue weighted by Crippen LogP contribution is -2.49. The summed E-state index contributed by atoms with van der Waals surface area (Å²) in [5.74, 6) is 1.41. The minimum atomic E-state index is -0.456. The van der Waals surface area contributed by atoms with Crippen molar-refractivity contribution in [1.82, 2.24) is 14.5 Å². The zero-order valence-electron chi connectivity index (χ0n) is 22.6. The highest BCUT2D eigenvalue weighted by atomic mass is 32.2. The molecule has 200 valence electrons. The molecule has 2 aliphatic rings. The van der Waals surface area contributed by atoms with Gasteiger partial charge in [-0.3, -0.25) is 9.59 Å². The first-order valence-electron chi connectivity index (χ1n) is 13.6. The Balaban J connectivity index is 1.59. The number of nitrogens with zero attached hydrogens (tertiary/aromatic N) is 3. The van der Waals surface area contributed by atoms with Crippen LogP contribution in [0.3, 0.4) is 0 Å². The predicted molar refractivity (Wildman–Crippen MR) is 153 cm³/mol. The normalized spacial score (nSPS) is 18.4. The third-order valence-corrected chi connectivity index (χ3v) is 8.99. The van der Waals surface area contributed by atoms with Crippen LogP contribution < -0.4 is 10.3 Å². The van der Waals surface area contributed by atoms with Crippen LogP contribution in [0.5, 0.6) is 5.75 Å². The monoisotopic (exact) mass is 531 g/mol. The van der Waals surface area contributed by atoms with Crippen LogP contribution in [0.1, 0.15) is 65.6 Å². The third kappa shape index (κ3) is 5.13. The number of aromatic nitrogens is 2. The van der Waals surface area contributed by atoms with Crippen molar-refractivity contribution >= 4 is 17.7 Å². The van der Waals surface area contributed by atoms with Gasteiger partial charge in [0.25, 0.3) is 5.91 Å². The highest BCUT2D eigenvalue weighted by Crippen LogP contribution is 2.44. The van der Waals surface area contributed by atoms with E-state index >= 15 is 0 Å². The summed E-state index contributed by atoms with van der Waals surface area (Å²) in [6, 6.07) is 18.6. The number of ether oxygens (including phenoxy) is 1. The van der Waals surface area contributed by atoms with Gasteiger partial charge in [0.15, 0.2) is 5.69 Å². The molecule has 0 saturated heterocycles. The highest BCUT2D eigenvalue weighted by Gasteiger charge is 2.40. The number of amides is 1. The Morgan fingerprint density at radius 2 is 1.79 bits per heavy atom. The first-order valence-corrected chi connectivity index (χ1v) is 15.0. The fraction of sp³-hybridized carbons (Fsp3) is 0.452. The molecular weight excluding hydrogens is 494 g/mol. The summed E-state index contributed by atoms with van der Waals surface area (Å²) in [5.41, 5.74) is 3.38. The Morgan fingerprint density at radius 3 is 2.50 bits per heavy atom. The topological polar surface area (TPSA) is 64.4 Å². The molecule has 7 heteroatoms. The lowest BCUT2D eigenvalue weighted by Gasteiger charge is -2.38. The van der Waals surface area contributed by atoms with Crippen molar-refractivity contribution in [2.45, 2.75) is 70.1 Å². The summed E-state index contributed by atoms with van der Waals surface area (Å²) in [4.78, 5) is 33.6. The minimum absolute atomic E-state index is 0.0259. The molecule has 38 heavy (non-hydrogen) atoms. The molecule has 1 amide bonds. The molecule has 2 aromatic carbocycles. The van der Waals surface area contributed by atoms with Gasteiger partial charge in [-0.2, -0.15) is 16.7 Å². The van der Waals surface area contributed by atoms with Crippen molar-refractivity contribution in [3.8, 4) is 5.75 Å². The number of hydrogen-bond donors (Lipinski definition) is 0. The second kappa shape index (κ2) is 11.4. The van der Waals surface area contributed by atoms with E-state index in [4.69, 9.17) is 4.74 Å². The fourth-order valence-electron chi connectivity index (χ4n) is 6.05. The van der Waals surface area contributed by atoms with Gasteiger partial charge >= 0.3 is 5.56 Å². The number of carbonyl (C=O) groups is 1. The lowest BCUT2D eigenvalue weighted by molar-refractivity contribution is 0.0661. The van der Waals surface area contributed by atoms with E-state index in [0.717, 1.165) is 43.4 Å². The Kier molecular flexibility index (Phi) is 7.93. The van der Waals surface area contributed by atoms with Gasteiger partial charge in [-0.15, -0.1) is 0 Å². The summed E-state index contributed by atoms with van der Waals surface area (Å²) >= 11 is 1.72. The average molecular weight is 532 g/mol. The number of thioether (sulfide) groups is 1. The second-order valence-electron chi connectivity index (χ2n) is 10.6. The van der Waals surface area contributed by atoms with Crippen molar-refractivity contribution in [3.05, 3.63) is 93.2 Å². The molecule has 2 heterocycles. The molecule has 0 radical (unpaired) electrons.